The van der Waals surface area contributed by atoms with Crippen molar-refractivity contribution < 1.29 is 43.4 Å². The van der Waals surface area contributed by atoms with Gasteiger partial charge in [-0.25, -0.2) is 22.5 Å². The maximum Gasteiger partial charge on any atom is 0.135 e. The number of aromatic nitrogens is 2. The number of anilines is 4. The summed E-state index contributed by atoms with van der Waals surface area (Å²) in [6.07, 6.45) is 1.86. The number of pyridine rings is 1. The van der Waals surface area contributed by atoms with E-state index in [2.05, 4.69) is 120 Å². The Labute approximate surface area is 469 Å². The molecule has 0 bridgehead atoms. The number of hydrogen-bond donors (Lipinski definition) is 0. The number of benzene rings is 8. The summed E-state index contributed by atoms with van der Waals surface area (Å²) in [6, 6.07) is 52.9. The summed E-state index contributed by atoms with van der Waals surface area (Å²) in [5, 5.41) is 2.06. The Morgan fingerprint density at radius 1 is 0.526 bits per heavy atom. The van der Waals surface area contributed by atoms with E-state index in [0.29, 0.717) is 39.7 Å². The zero-order valence-electron chi connectivity index (χ0n) is 45.3. The third kappa shape index (κ3) is 10.1. The second-order valence-electron chi connectivity index (χ2n) is 22.8. The number of fused-ring (bicyclic) bond motifs is 4. The van der Waals surface area contributed by atoms with Crippen molar-refractivity contribution in [2.45, 2.75) is 91.9 Å². The zero-order chi connectivity index (χ0) is 54.2. The molecule has 1 aliphatic rings. The maximum absolute atomic E-state index is 15.4. The first kappa shape index (κ1) is 53.9. The van der Waals surface area contributed by atoms with Gasteiger partial charge in [-0.15, -0.1) is 53.6 Å². The number of hydrogen-bond acceptors (Lipinski definition) is 4. The summed E-state index contributed by atoms with van der Waals surface area (Å²) < 4.78 is 70.8. The predicted octanol–water partition coefficient (Wildman–Crippen LogP) is 19.4. The van der Waals surface area contributed by atoms with E-state index in [1.54, 1.807) is 0 Å². The van der Waals surface area contributed by atoms with E-state index >= 15 is 17.6 Å². The molecule has 0 saturated heterocycles. The Morgan fingerprint density at radius 3 is 1.67 bits per heavy atom. The topological polar surface area (TPSA) is 33.5 Å². The van der Waals surface area contributed by atoms with Gasteiger partial charge in [0.2, 0.25) is 0 Å². The number of rotatable bonds is 10. The fourth-order valence-electron chi connectivity index (χ4n) is 10.7. The van der Waals surface area contributed by atoms with Gasteiger partial charge in [-0.1, -0.05) is 123 Å². The number of para-hydroxylation sites is 3. The van der Waals surface area contributed by atoms with Crippen LogP contribution in [0, 0.1) is 42.1 Å². The van der Waals surface area contributed by atoms with E-state index in [1.807, 2.05) is 104 Å². The summed E-state index contributed by atoms with van der Waals surface area (Å²) in [4.78, 5) is 8.84. The quantitative estimate of drug-likeness (QED) is 0.101. The molecule has 5 nitrogen and oxygen atoms in total. The molecule has 0 saturated carbocycles. The molecule has 3 heterocycles. The van der Waals surface area contributed by atoms with Crippen LogP contribution in [0.25, 0.3) is 61.0 Å². The van der Waals surface area contributed by atoms with Gasteiger partial charge in [-0.05, 0) is 134 Å². The van der Waals surface area contributed by atoms with Gasteiger partial charge >= 0.3 is 0 Å². The van der Waals surface area contributed by atoms with E-state index in [9.17, 15) is 0 Å². The van der Waals surface area contributed by atoms with Gasteiger partial charge in [-0.2, -0.15) is 6.07 Å². The van der Waals surface area contributed by atoms with Crippen LogP contribution in [0.5, 0.6) is 11.5 Å². The molecule has 78 heavy (non-hydrogen) atoms. The first-order valence-corrected chi connectivity index (χ1v) is 26.1. The van der Waals surface area contributed by atoms with Gasteiger partial charge in [0.1, 0.15) is 29.1 Å². The van der Waals surface area contributed by atoms with Crippen LogP contribution in [0.4, 0.5) is 40.3 Å². The average molecular weight is 1220 g/mol. The molecule has 0 fully saturated rings. The van der Waals surface area contributed by atoms with Crippen molar-refractivity contribution in [1.82, 2.24) is 9.55 Å². The largest absolute Gasteiger partial charge is 0.509 e. The molecular weight excluding hydrogens is 1160 g/mol. The van der Waals surface area contributed by atoms with Crippen LogP contribution < -0.4 is 14.5 Å². The van der Waals surface area contributed by atoms with Crippen molar-refractivity contribution >= 4 is 44.6 Å². The van der Waals surface area contributed by atoms with Crippen molar-refractivity contribution in [3.05, 3.63) is 222 Å². The Balaban J connectivity index is 0.00000688. The molecule has 0 atom stereocenters. The van der Waals surface area contributed by atoms with Crippen LogP contribution in [-0.4, -0.2) is 9.55 Å². The molecule has 0 amide bonds. The van der Waals surface area contributed by atoms with Crippen LogP contribution in [-0.2, 0) is 31.9 Å². The Morgan fingerprint density at radius 2 is 1.09 bits per heavy atom. The van der Waals surface area contributed by atoms with Crippen molar-refractivity contribution in [1.29, 1.82) is 0 Å². The molecule has 11 rings (SSSR count). The second-order valence-corrected chi connectivity index (χ2v) is 22.8. The smallest absolute Gasteiger partial charge is 0.135 e. The fourth-order valence-corrected chi connectivity index (χ4v) is 10.7. The molecule has 398 valence electrons. The monoisotopic (exact) mass is 1220 g/mol. The Bertz CT molecular complexity index is 3800. The molecule has 0 aliphatic carbocycles. The van der Waals surface area contributed by atoms with Crippen molar-refractivity contribution in [3.8, 4) is 50.7 Å². The van der Waals surface area contributed by atoms with E-state index in [1.165, 1.54) is 35.4 Å². The average Bonchev–Trinajstić information content (AvgIpc) is 3.93. The maximum atomic E-state index is 15.4. The zero-order valence-corrected chi connectivity index (χ0v) is 47.5. The van der Waals surface area contributed by atoms with E-state index in [-0.39, 0.29) is 49.4 Å². The molecule has 10 heteroatoms. The molecule has 0 radical (unpaired) electrons. The van der Waals surface area contributed by atoms with Gasteiger partial charge in [0.05, 0.1) is 0 Å². The standard InChI is InChI=1S/C68H59F4N4O.Pt/c1-40(2)54-17-15-18-55(41(3)4)65(54)44-30-51(37-53(31-44)77-52-22-23-57-56-16-11-12-19-60(56)76(63(57)38-52)64-34-45(24-25-73-64)67(5,6)7)74-39-75(62-21-14-13-20-61(62)74)66-58(42-26-47(69)35-48(70)27-42)32-46(68(8,9)10)33-59(66)43-28-49(71)36-50(72)29-43;/h11-36,39-41H,1-10H3;/q-3;. The SMILES string of the molecule is CC(C)c1cccc(C(C)C)c1-c1cc(Oc2[c-]c3c(cc2)c2ccccc2n3-c2cc(C(C)(C)C)ccn2)[c-]c(N2[CH-]N(c3c(-c4cc(F)cc(F)c4)cc(C(C)(C)C)cc3-c3cc(F)cc(F)c3)c3ccccc32)c1.[Pt]. The first-order chi connectivity index (χ1) is 36.7. The predicted molar refractivity (Wildman–Crippen MR) is 306 cm³/mol. The van der Waals surface area contributed by atoms with Crippen LogP contribution in [0.1, 0.15) is 103 Å². The van der Waals surface area contributed by atoms with E-state index in [0.717, 1.165) is 67.7 Å². The van der Waals surface area contributed by atoms with Crippen LogP contribution in [0.3, 0.4) is 0 Å². The number of halogens is 4. The van der Waals surface area contributed by atoms with Crippen molar-refractivity contribution in [3.63, 3.8) is 0 Å². The van der Waals surface area contributed by atoms with Gasteiger partial charge in [0, 0.05) is 84.6 Å². The minimum absolute atomic E-state index is 0. The summed E-state index contributed by atoms with van der Waals surface area (Å²) in [5.41, 5.74) is 11.5. The summed E-state index contributed by atoms with van der Waals surface area (Å²) in [5.74, 6) is -1.02. The third-order valence-electron chi connectivity index (χ3n) is 14.6. The van der Waals surface area contributed by atoms with Gasteiger partial charge in [0.15, 0.2) is 0 Å². The summed E-state index contributed by atoms with van der Waals surface area (Å²) >= 11 is 0. The summed E-state index contributed by atoms with van der Waals surface area (Å²) in [7, 11) is 0. The van der Waals surface area contributed by atoms with Crippen LogP contribution >= 0.6 is 0 Å². The van der Waals surface area contributed by atoms with Crippen LogP contribution in [0.2, 0.25) is 0 Å². The molecule has 2 aromatic heterocycles. The third-order valence-corrected chi connectivity index (χ3v) is 14.6. The minimum atomic E-state index is -0.761. The Hall–Kier alpha value is -7.48. The fraction of sp³-hybridized carbons (Fsp3) is 0.206. The van der Waals surface area contributed by atoms with Crippen molar-refractivity contribution in [2.24, 2.45) is 0 Å². The van der Waals surface area contributed by atoms with E-state index in [4.69, 9.17) is 9.72 Å². The molecule has 1 aliphatic heterocycles. The summed E-state index contributed by atoms with van der Waals surface area (Å²) in [6.45, 7) is 23.3. The first-order valence-electron chi connectivity index (χ1n) is 26.1. The molecule has 10 aromatic rings. The number of ether oxygens (including phenoxy) is 1. The van der Waals surface area contributed by atoms with Gasteiger partial charge < -0.3 is 19.1 Å². The van der Waals surface area contributed by atoms with Gasteiger partial charge in [0.25, 0.3) is 0 Å². The molecular formula is C68H59F4N4OPt-3. The van der Waals surface area contributed by atoms with Crippen molar-refractivity contribution in [2.75, 3.05) is 9.80 Å². The van der Waals surface area contributed by atoms with E-state index < -0.39 is 28.7 Å². The second kappa shape index (κ2) is 20.7. The van der Waals surface area contributed by atoms with Crippen LogP contribution in [0.15, 0.2) is 158 Å². The normalized spacial score (nSPS) is 12.8. The van der Waals surface area contributed by atoms with Gasteiger partial charge in [-0.3, -0.25) is 0 Å². The Kier molecular flexibility index (Phi) is 14.3. The minimum Gasteiger partial charge on any atom is -0.509 e. The molecule has 8 aromatic carbocycles. The number of nitrogens with zero attached hydrogens (tertiary/aromatic N) is 4. The molecule has 0 spiro atoms. The molecule has 0 unspecified atom stereocenters. The molecule has 0 N–H and O–H groups in total.